The van der Waals surface area contributed by atoms with E-state index in [4.69, 9.17) is 11.6 Å². The van der Waals surface area contributed by atoms with Gasteiger partial charge in [0.25, 0.3) is 0 Å². The molecule has 0 amide bonds. The third-order valence-corrected chi connectivity index (χ3v) is 2.95. The van der Waals surface area contributed by atoms with E-state index in [1.165, 1.54) is 6.07 Å². The zero-order valence-corrected chi connectivity index (χ0v) is 10.4. The Balaban J connectivity index is 2.70. The van der Waals surface area contributed by atoms with E-state index < -0.39 is 11.7 Å². The molecule has 2 aromatic rings. The smallest absolute Gasteiger partial charge is 0.282 e. The van der Waals surface area contributed by atoms with Crippen molar-refractivity contribution < 1.29 is 13.2 Å². The number of nitrogens with zero attached hydrogens (tertiary/aromatic N) is 1. The average molecular weight is 274 g/mol. The topological polar surface area (TPSA) is 28.7 Å². The van der Waals surface area contributed by atoms with Crippen molar-refractivity contribution in [1.29, 1.82) is 0 Å². The normalized spacial score (nSPS) is 11.9. The van der Waals surface area contributed by atoms with Gasteiger partial charge >= 0.3 is 6.18 Å². The van der Waals surface area contributed by atoms with Crippen LogP contribution in [0.5, 0.6) is 0 Å². The Morgan fingerprint density at radius 1 is 1.33 bits per heavy atom. The van der Waals surface area contributed by atoms with Gasteiger partial charge in [-0.1, -0.05) is 11.6 Å². The molecule has 0 spiro atoms. The highest BCUT2D eigenvalue weighted by Gasteiger charge is 2.34. The maximum Gasteiger partial charge on any atom is 0.417 e. The summed E-state index contributed by atoms with van der Waals surface area (Å²) in [7, 11) is 0. The van der Waals surface area contributed by atoms with E-state index >= 15 is 0 Å². The number of rotatable bonds is 1. The van der Waals surface area contributed by atoms with Crippen LogP contribution in [-0.4, -0.2) is 10.2 Å². The monoisotopic (exact) mass is 273 g/mol. The van der Waals surface area contributed by atoms with Crippen LogP contribution in [0.2, 0.25) is 5.02 Å². The Bertz CT molecular complexity index is 587. The number of aromatic amines is 1. The van der Waals surface area contributed by atoms with Gasteiger partial charge in [-0.2, -0.15) is 18.3 Å². The van der Waals surface area contributed by atoms with Gasteiger partial charge in [-0.15, -0.1) is 0 Å². The maximum atomic E-state index is 12.9. The van der Waals surface area contributed by atoms with Crippen LogP contribution in [0.4, 0.5) is 13.2 Å². The Morgan fingerprint density at radius 3 is 2.50 bits per heavy atom. The van der Waals surface area contributed by atoms with Crippen molar-refractivity contribution in [2.45, 2.75) is 20.0 Å². The van der Waals surface area contributed by atoms with Gasteiger partial charge in [-0.05, 0) is 31.5 Å². The lowest BCUT2D eigenvalue weighted by Gasteiger charge is -2.12. The molecule has 1 heterocycles. The molecule has 1 radical (unpaired) electrons. The lowest BCUT2D eigenvalue weighted by Crippen LogP contribution is -2.07. The first-order valence-corrected chi connectivity index (χ1v) is 5.49. The molecule has 0 saturated heterocycles. The second kappa shape index (κ2) is 4.31. The van der Waals surface area contributed by atoms with Crippen LogP contribution in [0.3, 0.4) is 0 Å². The van der Waals surface area contributed by atoms with Crippen LogP contribution in [0.15, 0.2) is 12.1 Å². The molecular weight excluding hydrogens is 265 g/mol. The third-order valence-electron chi connectivity index (χ3n) is 2.73. The number of alkyl halides is 3. The average Bonchev–Trinajstić information content (AvgIpc) is 2.58. The first-order chi connectivity index (χ1) is 8.30. The summed E-state index contributed by atoms with van der Waals surface area (Å²) < 4.78 is 38.7. The third kappa shape index (κ3) is 2.22. The number of benzene rings is 1. The number of halogens is 4. The van der Waals surface area contributed by atoms with Gasteiger partial charge in [-0.3, -0.25) is 5.10 Å². The van der Waals surface area contributed by atoms with Crippen molar-refractivity contribution in [3.8, 4) is 11.3 Å². The van der Waals surface area contributed by atoms with Gasteiger partial charge in [0, 0.05) is 22.3 Å². The molecule has 0 bridgehead atoms. The molecule has 1 N–H and O–H groups in total. The summed E-state index contributed by atoms with van der Waals surface area (Å²) >= 11 is 5.72. The fourth-order valence-electron chi connectivity index (χ4n) is 1.64. The SMILES string of the molecule is Cc1[nH]nc(-c2cc(Cl)[c]cc2C(F)(F)F)c1C. The van der Waals surface area contributed by atoms with E-state index in [0.29, 0.717) is 5.56 Å². The minimum atomic E-state index is -4.46. The Labute approximate surface area is 107 Å². The number of hydrogen-bond donors (Lipinski definition) is 1. The van der Waals surface area contributed by atoms with E-state index in [-0.39, 0.29) is 16.3 Å². The minimum Gasteiger partial charge on any atom is -0.282 e. The number of H-pyrrole nitrogens is 1. The van der Waals surface area contributed by atoms with Gasteiger partial charge in [0.15, 0.2) is 0 Å². The summed E-state index contributed by atoms with van der Waals surface area (Å²) in [5.41, 5.74) is 0.829. The molecule has 18 heavy (non-hydrogen) atoms. The van der Waals surface area contributed by atoms with Crippen LogP contribution < -0.4 is 0 Å². The van der Waals surface area contributed by atoms with Crippen LogP contribution in [0, 0.1) is 19.9 Å². The zero-order valence-electron chi connectivity index (χ0n) is 9.61. The molecule has 0 saturated carbocycles. The Morgan fingerprint density at radius 2 is 2.00 bits per heavy atom. The largest absolute Gasteiger partial charge is 0.417 e. The van der Waals surface area contributed by atoms with E-state index in [1.807, 2.05) is 0 Å². The fraction of sp³-hybridized carbons (Fsp3) is 0.250. The first-order valence-electron chi connectivity index (χ1n) is 5.11. The summed E-state index contributed by atoms with van der Waals surface area (Å²) in [6.07, 6.45) is -4.46. The van der Waals surface area contributed by atoms with Gasteiger partial charge in [0.05, 0.1) is 11.3 Å². The predicted octanol–water partition coefficient (Wildman–Crippen LogP) is 4.17. The molecule has 0 atom stereocenters. The van der Waals surface area contributed by atoms with Crippen molar-refractivity contribution in [2.24, 2.45) is 0 Å². The number of hydrogen-bond acceptors (Lipinski definition) is 1. The van der Waals surface area contributed by atoms with E-state index in [0.717, 1.165) is 11.8 Å². The van der Waals surface area contributed by atoms with Crippen LogP contribution in [-0.2, 0) is 6.18 Å². The highest BCUT2D eigenvalue weighted by Crippen LogP contribution is 2.38. The van der Waals surface area contributed by atoms with Crippen molar-refractivity contribution >= 4 is 11.6 Å². The molecule has 1 aromatic heterocycles. The molecule has 0 aliphatic rings. The highest BCUT2D eigenvalue weighted by atomic mass is 35.5. The van der Waals surface area contributed by atoms with Crippen molar-refractivity contribution in [2.75, 3.05) is 0 Å². The van der Waals surface area contributed by atoms with Crippen LogP contribution >= 0.6 is 11.6 Å². The van der Waals surface area contributed by atoms with Gasteiger partial charge in [-0.25, -0.2) is 0 Å². The van der Waals surface area contributed by atoms with E-state index in [2.05, 4.69) is 16.3 Å². The minimum absolute atomic E-state index is 0.0342. The maximum absolute atomic E-state index is 12.9. The predicted molar refractivity (Wildman–Crippen MR) is 62.3 cm³/mol. The zero-order chi connectivity index (χ0) is 13.5. The van der Waals surface area contributed by atoms with Gasteiger partial charge in [0.2, 0.25) is 0 Å². The molecule has 95 valence electrons. The standard InChI is InChI=1S/C12H9ClF3N2/c1-6-7(2)17-18-11(6)9-5-8(13)3-4-10(9)12(14,15)16/h4-5H,1-2H3,(H,17,18). The number of aryl methyl sites for hydroxylation is 1. The first kappa shape index (κ1) is 13.0. The number of nitrogens with one attached hydrogen (secondary N) is 1. The molecule has 2 rings (SSSR count). The molecule has 0 fully saturated rings. The fourth-order valence-corrected chi connectivity index (χ4v) is 1.81. The lowest BCUT2D eigenvalue weighted by atomic mass is 10.0. The second-order valence-electron chi connectivity index (χ2n) is 3.93. The van der Waals surface area contributed by atoms with Gasteiger partial charge < -0.3 is 0 Å². The summed E-state index contributed by atoms with van der Waals surface area (Å²) in [6, 6.07) is 4.43. The molecule has 1 aromatic carbocycles. The summed E-state index contributed by atoms with van der Waals surface area (Å²) in [6.45, 7) is 3.45. The molecule has 0 unspecified atom stereocenters. The molecule has 0 aliphatic heterocycles. The quantitative estimate of drug-likeness (QED) is 0.830. The van der Waals surface area contributed by atoms with Crippen molar-refractivity contribution in [3.05, 3.63) is 40.0 Å². The summed E-state index contributed by atoms with van der Waals surface area (Å²) in [4.78, 5) is 0. The summed E-state index contributed by atoms with van der Waals surface area (Å²) in [5, 5.41) is 6.69. The Hall–Kier alpha value is -1.49. The van der Waals surface area contributed by atoms with E-state index in [1.54, 1.807) is 13.8 Å². The van der Waals surface area contributed by atoms with Crippen LogP contribution in [0.25, 0.3) is 11.3 Å². The second-order valence-corrected chi connectivity index (χ2v) is 4.34. The summed E-state index contributed by atoms with van der Waals surface area (Å²) in [5.74, 6) is 0. The van der Waals surface area contributed by atoms with E-state index in [9.17, 15) is 13.2 Å². The number of aromatic nitrogens is 2. The van der Waals surface area contributed by atoms with Crippen LogP contribution in [0.1, 0.15) is 16.8 Å². The Kier molecular flexibility index (Phi) is 3.11. The highest BCUT2D eigenvalue weighted by molar-refractivity contribution is 6.30. The molecule has 6 heteroatoms. The van der Waals surface area contributed by atoms with Crippen molar-refractivity contribution in [3.63, 3.8) is 0 Å². The van der Waals surface area contributed by atoms with Gasteiger partial charge in [0.1, 0.15) is 0 Å². The lowest BCUT2D eigenvalue weighted by molar-refractivity contribution is -0.137. The molecule has 0 aliphatic carbocycles. The molecule has 2 nitrogen and oxygen atoms in total. The molecular formula is C12H9ClF3N2. The van der Waals surface area contributed by atoms with Crippen molar-refractivity contribution in [1.82, 2.24) is 10.2 Å².